The Morgan fingerprint density at radius 2 is 0.565 bits per heavy atom. The van der Waals surface area contributed by atoms with Crippen molar-refractivity contribution in [2.75, 3.05) is 13.2 Å². The molecule has 0 saturated heterocycles. The summed E-state index contributed by atoms with van der Waals surface area (Å²) in [6, 6.07) is 0. The molecule has 0 aliphatic rings. The summed E-state index contributed by atoms with van der Waals surface area (Å²) >= 11 is 0. The van der Waals surface area contributed by atoms with Crippen molar-refractivity contribution in [3.63, 3.8) is 0 Å². The van der Waals surface area contributed by atoms with Crippen molar-refractivity contribution >= 4 is 17.9 Å². The molecule has 0 spiro atoms. The minimum Gasteiger partial charge on any atom is -0.462 e. The van der Waals surface area contributed by atoms with Crippen molar-refractivity contribution in [1.82, 2.24) is 0 Å². The molecule has 0 aromatic heterocycles. The second-order valence-electron chi connectivity index (χ2n) is 19.2. The lowest BCUT2D eigenvalue weighted by atomic mass is 10.0. The monoisotopic (exact) mass is 961 g/mol. The molecule has 0 aromatic carbocycles. The van der Waals surface area contributed by atoms with Crippen LogP contribution in [0.4, 0.5) is 0 Å². The first-order valence-electron chi connectivity index (χ1n) is 29.1. The molecule has 0 bridgehead atoms. The minimum absolute atomic E-state index is 0.0810. The van der Waals surface area contributed by atoms with E-state index < -0.39 is 6.10 Å². The summed E-state index contributed by atoms with van der Waals surface area (Å²) in [6.07, 6.45) is 74.8. The summed E-state index contributed by atoms with van der Waals surface area (Å²) in [5.41, 5.74) is 0. The van der Waals surface area contributed by atoms with Crippen molar-refractivity contribution in [3.05, 3.63) is 85.1 Å². The Bertz CT molecular complexity index is 1330. The van der Waals surface area contributed by atoms with Gasteiger partial charge < -0.3 is 14.2 Å². The molecule has 0 amide bonds. The molecule has 0 aliphatic carbocycles. The van der Waals surface area contributed by atoms with E-state index in [0.29, 0.717) is 19.3 Å². The first-order chi connectivity index (χ1) is 34.0. The molecular weight excluding hydrogens is 853 g/mol. The van der Waals surface area contributed by atoms with E-state index in [2.05, 4.69) is 106 Å². The van der Waals surface area contributed by atoms with Crippen LogP contribution in [0.1, 0.15) is 278 Å². The van der Waals surface area contributed by atoms with Crippen LogP contribution in [0.3, 0.4) is 0 Å². The van der Waals surface area contributed by atoms with Crippen molar-refractivity contribution in [3.8, 4) is 0 Å². The van der Waals surface area contributed by atoms with E-state index >= 15 is 0 Å². The van der Waals surface area contributed by atoms with E-state index in [4.69, 9.17) is 14.2 Å². The van der Waals surface area contributed by atoms with Crippen LogP contribution in [0.25, 0.3) is 0 Å². The second kappa shape index (κ2) is 57.2. The zero-order valence-corrected chi connectivity index (χ0v) is 45.3. The van der Waals surface area contributed by atoms with Crippen LogP contribution in [-0.2, 0) is 28.6 Å². The van der Waals surface area contributed by atoms with E-state index in [1.165, 1.54) is 122 Å². The molecule has 1 unspecified atom stereocenters. The van der Waals surface area contributed by atoms with Gasteiger partial charge in [-0.3, -0.25) is 14.4 Å². The number of hydrogen-bond acceptors (Lipinski definition) is 6. The van der Waals surface area contributed by atoms with Crippen molar-refractivity contribution in [2.45, 2.75) is 284 Å². The first-order valence-corrected chi connectivity index (χ1v) is 29.1. The Morgan fingerprint density at radius 1 is 0.304 bits per heavy atom. The average molecular weight is 962 g/mol. The third-order valence-electron chi connectivity index (χ3n) is 12.4. The van der Waals surface area contributed by atoms with E-state index in [0.717, 1.165) is 116 Å². The molecule has 0 aromatic rings. The van der Waals surface area contributed by atoms with Crippen LogP contribution in [0, 0.1) is 0 Å². The van der Waals surface area contributed by atoms with Gasteiger partial charge >= 0.3 is 17.9 Å². The van der Waals surface area contributed by atoms with Gasteiger partial charge in [0.15, 0.2) is 6.10 Å². The van der Waals surface area contributed by atoms with Crippen molar-refractivity contribution in [1.29, 1.82) is 0 Å². The van der Waals surface area contributed by atoms with Gasteiger partial charge in [0, 0.05) is 19.3 Å². The molecule has 0 fully saturated rings. The van der Waals surface area contributed by atoms with Crippen LogP contribution in [0.2, 0.25) is 0 Å². The summed E-state index contributed by atoms with van der Waals surface area (Å²) in [4.78, 5) is 37.8. The molecule has 396 valence electrons. The van der Waals surface area contributed by atoms with Crippen LogP contribution >= 0.6 is 0 Å². The predicted octanol–water partition coefficient (Wildman–Crippen LogP) is 19.5. The molecule has 0 radical (unpaired) electrons. The molecule has 0 saturated carbocycles. The largest absolute Gasteiger partial charge is 0.462 e. The van der Waals surface area contributed by atoms with Gasteiger partial charge in [-0.15, -0.1) is 0 Å². The van der Waals surface area contributed by atoms with Crippen LogP contribution < -0.4 is 0 Å². The average Bonchev–Trinajstić information content (AvgIpc) is 3.35. The second-order valence-corrected chi connectivity index (χ2v) is 19.2. The number of rotatable bonds is 52. The quantitative estimate of drug-likeness (QED) is 0.0262. The maximum absolute atomic E-state index is 12.8. The lowest BCUT2D eigenvalue weighted by molar-refractivity contribution is -0.167. The summed E-state index contributed by atoms with van der Waals surface area (Å²) in [6.45, 7) is 6.42. The zero-order valence-electron chi connectivity index (χ0n) is 45.3. The summed E-state index contributed by atoms with van der Waals surface area (Å²) < 4.78 is 16.7. The Labute approximate surface area is 426 Å². The van der Waals surface area contributed by atoms with E-state index in [9.17, 15) is 14.4 Å². The fourth-order valence-corrected chi connectivity index (χ4v) is 8.03. The van der Waals surface area contributed by atoms with Crippen molar-refractivity contribution in [2.24, 2.45) is 0 Å². The summed E-state index contributed by atoms with van der Waals surface area (Å²) in [7, 11) is 0. The first kappa shape index (κ1) is 65.6. The summed E-state index contributed by atoms with van der Waals surface area (Å²) in [5, 5.41) is 0. The highest BCUT2D eigenvalue weighted by Crippen LogP contribution is 2.16. The molecule has 0 heterocycles. The molecule has 6 nitrogen and oxygen atoms in total. The number of allylic oxidation sites excluding steroid dienone is 14. The lowest BCUT2D eigenvalue weighted by Crippen LogP contribution is -2.30. The minimum atomic E-state index is -0.779. The number of carbonyl (C=O) groups excluding carboxylic acids is 3. The van der Waals surface area contributed by atoms with Crippen LogP contribution in [0.15, 0.2) is 85.1 Å². The van der Waals surface area contributed by atoms with Gasteiger partial charge in [-0.25, -0.2) is 0 Å². The number of hydrogen-bond donors (Lipinski definition) is 0. The lowest BCUT2D eigenvalue weighted by Gasteiger charge is -2.18. The highest BCUT2D eigenvalue weighted by molar-refractivity contribution is 5.71. The Balaban J connectivity index is 4.08. The van der Waals surface area contributed by atoms with Gasteiger partial charge in [-0.2, -0.15) is 0 Å². The van der Waals surface area contributed by atoms with Gasteiger partial charge in [0.25, 0.3) is 0 Å². The molecule has 0 aliphatic heterocycles. The summed E-state index contributed by atoms with van der Waals surface area (Å²) in [5.74, 6) is -0.903. The van der Waals surface area contributed by atoms with Gasteiger partial charge in [-0.05, 0) is 96.3 Å². The van der Waals surface area contributed by atoms with Gasteiger partial charge in [0.1, 0.15) is 13.2 Å². The Hall–Kier alpha value is -3.41. The molecule has 1 atom stereocenters. The third kappa shape index (κ3) is 55.4. The molecule has 69 heavy (non-hydrogen) atoms. The fraction of sp³-hybridized carbons (Fsp3) is 0.730. The van der Waals surface area contributed by atoms with Gasteiger partial charge in [0.05, 0.1) is 0 Å². The number of unbranched alkanes of at least 4 members (excludes halogenated alkanes) is 27. The highest BCUT2D eigenvalue weighted by atomic mass is 16.6. The number of ether oxygens (including phenoxy) is 3. The number of carbonyl (C=O) groups is 3. The van der Waals surface area contributed by atoms with Crippen LogP contribution in [-0.4, -0.2) is 37.2 Å². The zero-order chi connectivity index (χ0) is 50.0. The number of esters is 3. The Kier molecular flexibility index (Phi) is 54.3. The topological polar surface area (TPSA) is 78.9 Å². The van der Waals surface area contributed by atoms with Gasteiger partial charge in [-0.1, -0.05) is 247 Å². The maximum Gasteiger partial charge on any atom is 0.306 e. The SMILES string of the molecule is CC/C=C\C/C=C\C/C=C\C/C=C\CCCCCCCCCCCCCCCCC(=O)OCC(COC(=O)CCCCCCC)OC(=O)CCCCCCCC/C=C\C/C=C\C/C=C\CCCCC. The molecule has 0 N–H and O–H groups in total. The standard InChI is InChI=1S/C63H108O6/c1-4-7-10-13-15-17-19-21-23-25-27-28-29-30-31-32-33-34-36-37-39-41-43-45-47-50-53-56-62(65)68-59-60(58-67-61(64)55-52-49-12-9-6-3)69-63(66)57-54-51-48-46-44-42-40-38-35-26-24-22-20-18-16-14-11-8-5-2/h7,10,15-18,21-24,27-28,35,38,60H,4-6,8-9,11-14,19-20,25-26,29-34,36-37,39-59H2,1-3H3/b10-7-,17-15-,18-16-,23-21-,24-22-,28-27-,38-35-. The normalized spacial score (nSPS) is 12.7. The van der Waals surface area contributed by atoms with E-state index in [1.807, 2.05) is 0 Å². The third-order valence-corrected chi connectivity index (χ3v) is 12.4. The van der Waals surface area contributed by atoms with E-state index in [-0.39, 0.29) is 31.1 Å². The fourth-order valence-electron chi connectivity index (χ4n) is 8.03. The molecule has 0 rings (SSSR count). The van der Waals surface area contributed by atoms with E-state index in [1.54, 1.807) is 0 Å². The highest BCUT2D eigenvalue weighted by Gasteiger charge is 2.19. The van der Waals surface area contributed by atoms with Gasteiger partial charge in [0.2, 0.25) is 0 Å². The predicted molar refractivity (Wildman–Crippen MR) is 297 cm³/mol. The van der Waals surface area contributed by atoms with Crippen molar-refractivity contribution < 1.29 is 28.6 Å². The molecule has 6 heteroatoms. The van der Waals surface area contributed by atoms with Crippen LogP contribution in [0.5, 0.6) is 0 Å². The smallest absolute Gasteiger partial charge is 0.306 e. The molecular formula is C63H108O6. The maximum atomic E-state index is 12.8. The Morgan fingerprint density at radius 3 is 0.913 bits per heavy atom.